The van der Waals surface area contributed by atoms with Gasteiger partial charge in [0.15, 0.2) is 0 Å². The fourth-order valence-electron chi connectivity index (χ4n) is 4.54. The molecule has 2 fully saturated rings. The average molecular weight is 375 g/mol. The summed E-state index contributed by atoms with van der Waals surface area (Å²) in [6.45, 7) is 3.65. The second-order valence-corrected chi connectivity index (χ2v) is 7.83. The number of likely N-dealkylation sites (tertiary alicyclic amines) is 1. The number of benzene rings is 2. The van der Waals surface area contributed by atoms with Crippen LogP contribution < -0.4 is 5.32 Å². The molecule has 3 aliphatic rings. The topological polar surface area (TPSA) is 69.7 Å². The normalized spacial score (nSPS) is 23.3. The quantitative estimate of drug-likeness (QED) is 0.831. The van der Waals surface area contributed by atoms with Crippen molar-refractivity contribution in [2.75, 3.05) is 26.2 Å². The Morgan fingerprint density at radius 3 is 2.32 bits per heavy atom. The summed E-state index contributed by atoms with van der Waals surface area (Å²) in [5.41, 5.74) is 2.08. The molecule has 0 aromatic heterocycles. The molecular weight excluding hydrogens is 354 g/mol. The summed E-state index contributed by atoms with van der Waals surface area (Å²) >= 11 is 0. The molecule has 2 aromatic rings. The van der Waals surface area contributed by atoms with Crippen LogP contribution in [-0.2, 0) is 6.54 Å². The van der Waals surface area contributed by atoms with Gasteiger partial charge in [-0.2, -0.15) is 0 Å². The molecule has 0 saturated carbocycles. The Morgan fingerprint density at radius 1 is 0.929 bits per heavy atom. The molecule has 2 aromatic carbocycles. The van der Waals surface area contributed by atoms with E-state index in [1.807, 2.05) is 35.2 Å². The third-order valence-electron chi connectivity index (χ3n) is 6.08. The summed E-state index contributed by atoms with van der Waals surface area (Å²) in [6, 6.07) is 14.3. The molecule has 0 radical (unpaired) electrons. The van der Waals surface area contributed by atoms with Crippen LogP contribution in [0, 0.1) is 11.8 Å². The fraction of sp³-hybridized carbons (Fsp3) is 0.318. The summed E-state index contributed by atoms with van der Waals surface area (Å²) in [5, 5.41) is 3.37. The first-order valence-electron chi connectivity index (χ1n) is 9.66. The van der Waals surface area contributed by atoms with Gasteiger partial charge in [-0.15, -0.1) is 0 Å². The predicted molar refractivity (Wildman–Crippen MR) is 103 cm³/mol. The van der Waals surface area contributed by atoms with E-state index < -0.39 is 0 Å². The largest absolute Gasteiger partial charge is 0.338 e. The van der Waals surface area contributed by atoms with Crippen LogP contribution in [0.25, 0.3) is 0 Å². The molecule has 3 aliphatic heterocycles. The zero-order valence-electron chi connectivity index (χ0n) is 15.4. The summed E-state index contributed by atoms with van der Waals surface area (Å²) in [4.78, 5) is 41.6. The van der Waals surface area contributed by atoms with Crippen molar-refractivity contribution in [1.29, 1.82) is 0 Å². The van der Waals surface area contributed by atoms with Crippen molar-refractivity contribution >= 4 is 17.7 Å². The highest BCUT2D eigenvalue weighted by molar-refractivity contribution is 6.22. The van der Waals surface area contributed by atoms with Crippen LogP contribution in [0.5, 0.6) is 0 Å². The lowest BCUT2D eigenvalue weighted by atomic mass is 10.0. The number of amides is 3. The number of nitrogens with one attached hydrogen (secondary N) is 1. The third-order valence-corrected chi connectivity index (χ3v) is 6.08. The van der Waals surface area contributed by atoms with E-state index in [4.69, 9.17) is 0 Å². The fourth-order valence-corrected chi connectivity index (χ4v) is 4.54. The summed E-state index contributed by atoms with van der Waals surface area (Å²) in [6.07, 6.45) is 0. The van der Waals surface area contributed by atoms with Gasteiger partial charge >= 0.3 is 0 Å². The number of carbonyl (C=O) groups excluding carboxylic acids is 3. The first kappa shape index (κ1) is 17.1. The van der Waals surface area contributed by atoms with Crippen molar-refractivity contribution in [2.24, 2.45) is 11.8 Å². The van der Waals surface area contributed by atoms with Crippen molar-refractivity contribution in [1.82, 2.24) is 15.1 Å². The van der Waals surface area contributed by atoms with Crippen LogP contribution in [0.4, 0.5) is 0 Å². The van der Waals surface area contributed by atoms with Gasteiger partial charge in [-0.1, -0.05) is 30.3 Å². The number of fused-ring (bicyclic) bond motifs is 2. The lowest BCUT2D eigenvalue weighted by Gasteiger charge is -2.17. The molecule has 0 bridgehead atoms. The van der Waals surface area contributed by atoms with Gasteiger partial charge in [0.25, 0.3) is 17.7 Å². The van der Waals surface area contributed by atoms with E-state index >= 15 is 0 Å². The highest BCUT2D eigenvalue weighted by Crippen LogP contribution is 2.29. The second kappa shape index (κ2) is 6.56. The standard InChI is InChI=1S/C22H21N3O3/c26-20(24-12-16-9-23-10-17(16)13-24)15-6-7-18-19(8-15)22(28)25(21(18)27)11-14-4-2-1-3-5-14/h1-8,16-17,23H,9-13H2/t16-,17+. The highest BCUT2D eigenvalue weighted by atomic mass is 16.2. The van der Waals surface area contributed by atoms with Crippen LogP contribution in [-0.4, -0.2) is 53.7 Å². The summed E-state index contributed by atoms with van der Waals surface area (Å²) in [7, 11) is 0. The maximum atomic E-state index is 12.9. The van der Waals surface area contributed by atoms with Crippen molar-refractivity contribution in [2.45, 2.75) is 6.54 Å². The Morgan fingerprint density at radius 2 is 1.61 bits per heavy atom. The maximum absolute atomic E-state index is 12.9. The van der Waals surface area contributed by atoms with Crippen molar-refractivity contribution in [3.63, 3.8) is 0 Å². The number of rotatable bonds is 3. The van der Waals surface area contributed by atoms with Gasteiger partial charge in [0.1, 0.15) is 0 Å². The zero-order chi connectivity index (χ0) is 19.3. The lowest BCUT2D eigenvalue weighted by Crippen LogP contribution is -2.32. The van der Waals surface area contributed by atoms with E-state index in [1.54, 1.807) is 18.2 Å². The van der Waals surface area contributed by atoms with E-state index in [0.717, 1.165) is 31.7 Å². The number of imide groups is 1. The van der Waals surface area contributed by atoms with Crippen LogP contribution >= 0.6 is 0 Å². The molecule has 2 atom stereocenters. The van der Waals surface area contributed by atoms with E-state index in [2.05, 4.69) is 5.32 Å². The SMILES string of the molecule is O=C(c1ccc2c(c1)C(=O)N(Cc1ccccc1)C2=O)N1C[C@H]2CNC[C@H]2C1. The molecule has 6 heteroatoms. The Bertz CT molecular complexity index is 960. The molecule has 6 nitrogen and oxygen atoms in total. The van der Waals surface area contributed by atoms with E-state index in [0.29, 0.717) is 28.5 Å². The highest BCUT2D eigenvalue weighted by Gasteiger charge is 2.40. The van der Waals surface area contributed by atoms with Gasteiger partial charge in [0, 0.05) is 31.7 Å². The van der Waals surface area contributed by atoms with E-state index in [1.165, 1.54) is 4.90 Å². The predicted octanol–water partition coefficient (Wildman–Crippen LogP) is 1.77. The molecule has 3 heterocycles. The Balaban J connectivity index is 1.37. The Hall–Kier alpha value is -2.99. The molecular formula is C22H21N3O3. The third kappa shape index (κ3) is 2.72. The first-order valence-corrected chi connectivity index (χ1v) is 9.66. The monoisotopic (exact) mass is 375 g/mol. The number of hydrogen-bond acceptors (Lipinski definition) is 4. The maximum Gasteiger partial charge on any atom is 0.261 e. The number of nitrogens with zero attached hydrogens (tertiary/aromatic N) is 2. The van der Waals surface area contributed by atoms with Gasteiger partial charge in [-0.25, -0.2) is 0 Å². The minimum Gasteiger partial charge on any atom is -0.338 e. The number of hydrogen-bond donors (Lipinski definition) is 1. The van der Waals surface area contributed by atoms with Gasteiger partial charge in [0.05, 0.1) is 17.7 Å². The first-order chi connectivity index (χ1) is 13.6. The minimum absolute atomic E-state index is 0.0565. The smallest absolute Gasteiger partial charge is 0.261 e. The van der Waals surface area contributed by atoms with Crippen molar-refractivity contribution < 1.29 is 14.4 Å². The molecule has 142 valence electrons. The Kier molecular flexibility index (Phi) is 4.02. The van der Waals surface area contributed by atoms with Gasteiger partial charge in [0.2, 0.25) is 0 Å². The lowest BCUT2D eigenvalue weighted by molar-refractivity contribution is 0.0642. The van der Waals surface area contributed by atoms with Crippen LogP contribution in [0.15, 0.2) is 48.5 Å². The molecule has 2 saturated heterocycles. The average Bonchev–Trinajstić information content (AvgIpc) is 3.38. The molecule has 28 heavy (non-hydrogen) atoms. The molecule has 3 amide bonds. The van der Waals surface area contributed by atoms with E-state index in [9.17, 15) is 14.4 Å². The zero-order valence-corrected chi connectivity index (χ0v) is 15.4. The molecule has 0 aliphatic carbocycles. The van der Waals surface area contributed by atoms with Crippen LogP contribution in [0.3, 0.4) is 0 Å². The molecule has 0 spiro atoms. The van der Waals surface area contributed by atoms with Crippen molar-refractivity contribution in [3.8, 4) is 0 Å². The second-order valence-electron chi connectivity index (χ2n) is 7.83. The number of carbonyl (C=O) groups is 3. The summed E-state index contributed by atoms with van der Waals surface area (Å²) in [5.74, 6) is 0.343. The van der Waals surface area contributed by atoms with Crippen LogP contribution in [0.2, 0.25) is 0 Å². The minimum atomic E-state index is -0.332. The van der Waals surface area contributed by atoms with Gasteiger partial charge < -0.3 is 10.2 Å². The van der Waals surface area contributed by atoms with Crippen LogP contribution in [0.1, 0.15) is 36.6 Å². The van der Waals surface area contributed by atoms with E-state index in [-0.39, 0.29) is 24.3 Å². The van der Waals surface area contributed by atoms with Gasteiger partial charge in [-0.3, -0.25) is 19.3 Å². The Labute approximate surface area is 163 Å². The molecule has 5 rings (SSSR count). The molecule has 0 unspecified atom stereocenters. The van der Waals surface area contributed by atoms with Crippen molar-refractivity contribution in [3.05, 3.63) is 70.8 Å². The molecule has 1 N–H and O–H groups in total. The van der Waals surface area contributed by atoms with Gasteiger partial charge in [-0.05, 0) is 35.6 Å². The summed E-state index contributed by atoms with van der Waals surface area (Å²) < 4.78 is 0.